The fourth-order valence-corrected chi connectivity index (χ4v) is 2.42. The average Bonchev–Trinajstić information content (AvgIpc) is 2.83. The maximum absolute atomic E-state index is 11.8. The molecule has 2 amide bonds. The zero-order chi connectivity index (χ0) is 23.0. The van der Waals surface area contributed by atoms with E-state index in [9.17, 15) is 19.2 Å². The summed E-state index contributed by atoms with van der Waals surface area (Å²) in [5.74, 6) is -1.82. The number of pyridine rings is 1. The van der Waals surface area contributed by atoms with Crippen molar-refractivity contribution in [2.24, 2.45) is 0 Å². The van der Waals surface area contributed by atoms with Crippen molar-refractivity contribution in [1.29, 1.82) is 0 Å². The van der Waals surface area contributed by atoms with Gasteiger partial charge in [0.2, 0.25) is 0 Å². The van der Waals surface area contributed by atoms with Crippen LogP contribution in [0.5, 0.6) is 0 Å². The zero-order valence-electron chi connectivity index (χ0n) is 17.5. The Morgan fingerprint density at radius 1 is 0.750 bits per heavy atom. The fraction of sp³-hybridized carbons (Fsp3) is 0.261. The summed E-state index contributed by atoms with van der Waals surface area (Å²) in [6.07, 6.45) is 5.85. The van der Waals surface area contributed by atoms with Crippen molar-refractivity contribution >= 4 is 23.8 Å². The van der Waals surface area contributed by atoms with E-state index in [0.717, 1.165) is 12.2 Å². The van der Waals surface area contributed by atoms with E-state index in [1.165, 1.54) is 6.20 Å². The molecule has 1 aromatic heterocycles. The van der Waals surface area contributed by atoms with Crippen LogP contribution in [0, 0.1) is 0 Å². The summed E-state index contributed by atoms with van der Waals surface area (Å²) in [6.45, 7) is 0.869. The van der Waals surface area contributed by atoms with Gasteiger partial charge in [0.05, 0.1) is 18.8 Å². The summed E-state index contributed by atoms with van der Waals surface area (Å²) in [5.41, 5.74) is 1.01. The Balaban J connectivity index is 1.49. The molecule has 0 unspecified atom stereocenters. The molecule has 1 heterocycles. The summed E-state index contributed by atoms with van der Waals surface area (Å²) in [7, 11) is 0. The standard InChI is InChI=1S/C23H25N3O6/c27-20(31-15-5-13-25-22(29)18-7-2-1-3-8-18)10-11-21(28)32-16-6-14-26-23(30)19-9-4-12-24-17-19/h1-4,7-12,17H,5-6,13-16H2,(H,25,29)(H,26,30)/b11-10+. The highest BCUT2D eigenvalue weighted by Gasteiger charge is 2.06. The van der Waals surface area contributed by atoms with Crippen LogP contribution in [0.1, 0.15) is 33.6 Å². The van der Waals surface area contributed by atoms with E-state index in [4.69, 9.17) is 9.47 Å². The Morgan fingerprint density at radius 2 is 1.28 bits per heavy atom. The predicted molar refractivity (Wildman–Crippen MR) is 116 cm³/mol. The molecule has 0 aliphatic rings. The molecule has 9 heteroatoms. The lowest BCUT2D eigenvalue weighted by atomic mass is 10.2. The monoisotopic (exact) mass is 439 g/mol. The summed E-state index contributed by atoms with van der Waals surface area (Å²) in [4.78, 5) is 50.7. The molecular weight excluding hydrogens is 414 g/mol. The van der Waals surface area contributed by atoms with Crippen molar-refractivity contribution in [3.63, 3.8) is 0 Å². The predicted octanol–water partition coefficient (Wildman–Crippen LogP) is 1.66. The molecule has 168 valence electrons. The van der Waals surface area contributed by atoms with Gasteiger partial charge in [0.15, 0.2) is 0 Å². The minimum Gasteiger partial charge on any atom is -0.462 e. The lowest BCUT2D eigenvalue weighted by Gasteiger charge is -2.06. The first-order valence-corrected chi connectivity index (χ1v) is 10.1. The van der Waals surface area contributed by atoms with E-state index in [-0.39, 0.29) is 25.0 Å². The second-order valence-corrected chi connectivity index (χ2v) is 6.49. The normalized spacial score (nSPS) is 10.4. The van der Waals surface area contributed by atoms with Gasteiger partial charge in [-0.15, -0.1) is 0 Å². The number of nitrogens with one attached hydrogen (secondary N) is 2. The SMILES string of the molecule is O=C(/C=C/C(=O)OCCCNC(=O)c1cccnc1)OCCCNC(=O)c1ccccc1. The number of esters is 2. The maximum Gasteiger partial charge on any atom is 0.331 e. The molecule has 0 radical (unpaired) electrons. The van der Waals surface area contributed by atoms with E-state index >= 15 is 0 Å². The molecular formula is C23H25N3O6. The van der Waals surface area contributed by atoms with Gasteiger partial charge in [-0.2, -0.15) is 0 Å². The highest BCUT2D eigenvalue weighted by Crippen LogP contribution is 1.98. The van der Waals surface area contributed by atoms with Gasteiger partial charge >= 0.3 is 11.9 Å². The van der Waals surface area contributed by atoms with Gasteiger partial charge in [-0.25, -0.2) is 9.59 Å². The number of rotatable bonds is 12. The zero-order valence-corrected chi connectivity index (χ0v) is 17.5. The van der Waals surface area contributed by atoms with Gasteiger partial charge in [-0.05, 0) is 37.1 Å². The molecule has 2 aromatic rings. The Kier molecular flexibility index (Phi) is 10.7. The number of ether oxygens (including phenoxy) is 2. The van der Waals surface area contributed by atoms with Crippen molar-refractivity contribution in [2.45, 2.75) is 12.8 Å². The molecule has 32 heavy (non-hydrogen) atoms. The first-order valence-electron chi connectivity index (χ1n) is 10.1. The summed E-state index contributed by atoms with van der Waals surface area (Å²) >= 11 is 0. The number of amides is 2. The maximum atomic E-state index is 11.8. The van der Waals surface area contributed by atoms with Crippen molar-refractivity contribution in [3.8, 4) is 0 Å². The highest BCUT2D eigenvalue weighted by atomic mass is 16.5. The highest BCUT2D eigenvalue weighted by molar-refractivity contribution is 5.94. The number of hydrogen-bond acceptors (Lipinski definition) is 7. The van der Waals surface area contributed by atoms with Crippen LogP contribution < -0.4 is 10.6 Å². The van der Waals surface area contributed by atoms with Gasteiger partial charge in [0, 0.05) is 43.2 Å². The Morgan fingerprint density at radius 3 is 1.81 bits per heavy atom. The second-order valence-electron chi connectivity index (χ2n) is 6.49. The summed E-state index contributed by atoms with van der Waals surface area (Å²) in [6, 6.07) is 12.1. The minimum atomic E-state index is -0.685. The van der Waals surface area contributed by atoms with Crippen LogP contribution in [0.3, 0.4) is 0 Å². The van der Waals surface area contributed by atoms with Crippen molar-refractivity contribution in [3.05, 3.63) is 78.1 Å². The molecule has 0 fully saturated rings. The van der Waals surface area contributed by atoms with Gasteiger partial charge in [0.1, 0.15) is 0 Å². The van der Waals surface area contributed by atoms with Gasteiger partial charge in [0.25, 0.3) is 11.8 Å². The third-order valence-electron chi connectivity index (χ3n) is 4.02. The third kappa shape index (κ3) is 9.66. The van der Waals surface area contributed by atoms with E-state index in [0.29, 0.717) is 37.1 Å². The third-order valence-corrected chi connectivity index (χ3v) is 4.02. The van der Waals surface area contributed by atoms with Crippen molar-refractivity contribution in [2.75, 3.05) is 26.3 Å². The topological polar surface area (TPSA) is 124 Å². The molecule has 0 spiro atoms. The second kappa shape index (κ2) is 14.1. The Hall–Kier alpha value is -4.01. The van der Waals surface area contributed by atoms with E-state index in [1.807, 2.05) is 6.07 Å². The van der Waals surface area contributed by atoms with Gasteiger partial charge in [-0.1, -0.05) is 18.2 Å². The van der Waals surface area contributed by atoms with Crippen molar-refractivity contribution in [1.82, 2.24) is 15.6 Å². The molecule has 9 nitrogen and oxygen atoms in total. The summed E-state index contributed by atoms with van der Waals surface area (Å²) in [5, 5.41) is 5.40. The van der Waals surface area contributed by atoms with Gasteiger partial charge < -0.3 is 20.1 Å². The van der Waals surface area contributed by atoms with Crippen LogP contribution >= 0.6 is 0 Å². The Bertz CT molecular complexity index is 840. The molecule has 0 aliphatic carbocycles. The molecule has 0 aliphatic heterocycles. The average molecular weight is 439 g/mol. The van der Waals surface area contributed by atoms with E-state index in [2.05, 4.69) is 15.6 Å². The van der Waals surface area contributed by atoms with Crippen LogP contribution in [0.15, 0.2) is 67.0 Å². The molecule has 1 aromatic carbocycles. The van der Waals surface area contributed by atoms with Crippen LogP contribution in [0.25, 0.3) is 0 Å². The molecule has 2 N–H and O–H groups in total. The minimum absolute atomic E-state index is 0.0899. The molecule has 0 atom stereocenters. The number of carbonyl (C=O) groups is 4. The van der Waals surface area contributed by atoms with Crippen LogP contribution in [0.2, 0.25) is 0 Å². The van der Waals surface area contributed by atoms with Crippen molar-refractivity contribution < 1.29 is 28.7 Å². The van der Waals surface area contributed by atoms with Gasteiger partial charge in [-0.3, -0.25) is 14.6 Å². The molecule has 2 rings (SSSR count). The molecule has 0 bridgehead atoms. The lowest BCUT2D eigenvalue weighted by molar-refractivity contribution is -0.140. The number of nitrogens with zero attached hydrogens (tertiary/aromatic N) is 1. The first-order chi connectivity index (χ1) is 15.6. The fourth-order valence-electron chi connectivity index (χ4n) is 2.42. The molecule has 0 saturated carbocycles. The largest absolute Gasteiger partial charge is 0.462 e. The first kappa shape index (κ1) is 24.3. The number of benzene rings is 1. The molecule has 0 saturated heterocycles. The number of aromatic nitrogens is 1. The van der Waals surface area contributed by atoms with Crippen LogP contribution in [-0.4, -0.2) is 55.0 Å². The number of carbonyl (C=O) groups excluding carboxylic acids is 4. The van der Waals surface area contributed by atoms with E-state index in [1.54, 1.807) is 42.6 Å². The van der Waals surface area contributed by atoms with Crippen LogP contribution in [0.4, 0.5) is 0 Å². The quantitative estimate of drug-likeness (QED) is 0.293. The lowest BCUT2D eigenvalue weighted by Crippen LogP contribution is -2.25. The van der Waals surface area contributed by atoms with E-state index < -0.39 is 11.9 Å². The van der Waals surface area contributed by atoms with Crippen LogP contribution in [-0.2, 0) is 19.1 Å². The number of hydrogen-bond donors (Lipinski definition) is 2. The Labute approximate surface area is 185 Å². The summed E-state index contributed by atoms with van der Waals surface area (Å²) < 4.78 is 9.90. The smallest absolute Gasteiger partial charge is 0.331 e.